The topological polar surface area (TPSA) is 70.5 Å². The van der Waals surface area contributed by atoms with Crippen LogP contribution in [-0.2, 0) is 17.5 Å². The Labute approximate surface area is 147 Å². The molecule has 0 bridgehead atoms. The maximum Gasteiger partial charge on any atom is 0.433 e. The molecule has 3 rings (SSSR count). The lowest BCUT2D eigenvalue weighted by Crippen LogP contribution is -2.41. The summed E-state index contributed by atoms with van der Waals surface area (Å²) in [6.45, 7) is 1.47. The van der Waals surface area contributed by atoms with Gasteiger partial charge in [-0.3, -0.25) is 9.59 Å². The highest BCUT2D eigenvalue weighted by molar-refractivity contribution is 5.96. The summed E-state index contributed by atoms with van der Waals surface area (Å²) in [7, 11) is 0. The third-order valence-electron chi connectivity index (χ3n) is 4.39. The highest BCUT2D eigenvalue weighted by Gasteiger charge is 2.35. The highest BCUT2D eigenvalue weighted by atomic mass is 19.4. The van der Waals surface area contributed by atoms with Gasteiger partial charge in [-0.2, -0.15) is 13.2 Å². The fourth-order valence-corrected chi connectivity index (χ4v) is 3.09. The molecule has 0 aliphatic carbocycles. The summed E-state index contributed by atoms with van der Waals surface area (Å²) in [5.74, 6) is -2.48. The molecule has 8 heteroatoms. The van der Waals surface area contributed by atoms with E-state index in [2.05, 4.69) is 4.98 Å². The minimum absolute atomic E-state index is 0.0292. The van der Waals surface area contributed by atoms with E-state index >= 15 is 0 Å². The number of carbonyl (C=O) groups is 2. The van der Waals surface area contributed by atoms with Crippen molar-refractivity contribution in [2.45, 2.75) is 25.6 Å². The van der Waals surface area contributed by atoms with Crippen molar-refractivity contribution in [3.8, 4) is 0 Å². The van der Waals surface area contributed by atoms with Crippen LogP contribution in [0.25, 0.3) is 0 Å². The Morgan fingerprint density at radius 1 is 1.19 bits per heavy atom. The summed E-state index contributed by atoms with van der Waals surface area (Å²) in [4.78, 5) is 29.1. The molecule has 0 radical (unpaired) electrons. The monoisotopic (exact) mass is 364 g/mol. The minimum atomic E-state index is -4.59. The molecule has 0 saturated heterocycles. The summed E-state index contributed by atoms with van der Waals surface area (Å²) < 4.78 is 38.2. The summed E-state index contributed by atoms with van der Waals surface area (Å²) in [6.07, 6.45) is -4.59. The SMILES string of the molecule is Cc1nc(C(F)(F)F)ccc1C(=O)N1Cc2ccccc2C(C(=O)O)C1. The zero-order valence-corrected chi connectivity index (χ0v) is 13.7. The number of rotatable bonds is 2. The van der Waals surface area contributed by atoms with Crippen molar-refractivity contribution in [3.05, 3.63) is 64.5 Å². The number of carbonyl (C=O) groups excluding carboxylic acids is 1. The molecule has 2 aromatic rings. The van der Waals surface area contributed by atoms with Crippen LogP contribution in [0.1, 0.15) is 38.8 Å². The van der Waals surface area contributed by atoms with Gasteiger partial charge in [0, 0.05) is 13.1 Å². The number of amides is 1. The van der Waals surface area contributed by atoms with E-state index in [9.17, 15) is 27.9 Å². The molecule has 0 spiro atoms. The van der Waals surface area contributed by atoms with Crippen LogP contribution < -0.4 is 0 Å². The zero-order valence-electron chi connectivity index (χ0n) is 13.7. The second-order valence-electron chi connectivity index (χ2n) is 6.10. The van der Waals surface area contributed by atoms with E-state index in [1.807, 2.05) is 0 Å². The van der Waals surface area contributed by atoms with Crippen molar-refractivity contribution in [1.29, 1.82) is 0 Å². The molecule has 5 nitrogen and oxygen atoms in total. The molecule has 1 unspecified atom stereocenters. The van der Waals surface area contributed by atoms with E-state index in [0.29, 0.717) is 11.1 Å². The lowest BCUT2D eigenvalue weighted by Gasteiger charge is -2.33. The molecule has 1 aliphatic rings. The van der Waals surface area contributed by atoms with Crippen molar-refractivity contribution in [2.75, 3.05) is 6.54 Å². The van der Waals surface area contributed by atoms with Crippen LogP contribution in [0, 0.1) is 6.92 Å². The first-order valence-electron chi connectivity index (χ1n) is 7.83. The Bertz CT molecular complexity index is 880. The first-order chi connectivity index (χ1) is 12.2. The predicted octanol–water partition coefficient (Wildman–Crippen LogP) is 3.23. The first kappa shape index (κ1) is 17.9. The number of hydrogen-bond acceptors (Lipinski definition) is 3. The number of carboxylic acids is 1. The molecular formula is C18H15F3N2O3. The van der Waals surface area contributed by atoms with Crippen molar-refractivity contribution in [2.24, 2.45) is 0 Å². The molecule has 1 amide bonds. The Morgan fingerprint density at radius 2 is 1.88 bits per heavy atom. The van der Waals surface area contributed by atoms with E-state index in [4.69, 9.17) is 0 Å². The molecule has 0 saturated carbocycles. The highest BCUT2D eigenvalue weighted by Crippen LogP contribution is 2.31. The van der Waals surface area contributed by atoms with Gasteiger partial charge >= 0.3 is 12.1 Å². The number of halogens is 3. The second-order valence-corrected chi connectivity index (χ2v) is 6.10. The Balaban J connectivity index is 1.93. The van der Waals surface area contributed by atoms with Gasteiger partial charge < -0.3 is 10.0 Å². The quantitative estimate of drug-likeness (QED) is 0.888. The number of alkyl halides is 3. The molecule has 2 heterocycles. The standard InChI is InChI=1S/C18H15F3N2O3/c1-10-12(6-7-15(22-10)18(19,20)21)16(24)23-8-11-4-2-3-5-13(11)14(9-23)17(25)26/h2-7,14H,8-9H2,1H3,(H,25,26). The molecule has 1 aromatic heterocycles. The number of aliphatic carboxylic acids is 1. The van der Waals surface area contributed by atoms with Gasteiger partial charge in [-0.05, 0) is 30.2 Å². The second kappa shape index (κ2) is 6.44. The van der Waals surface area contributed by atoms with Crippen LogP contribution in [-0.4, -0.2) is 33.4 Å². The van der Waals surface area contributed by atoms with Crippen LogP contribution in [0.3, 0.4) is 0 Å². The molecule has 136 valence electrons. The third kappa shape index (κ3) is 3.26. The first-order valence-corrected chi connectivity index (χ1v) is 7.83. The van der Waals surface area contributed by atoms with Crippen molar-refractivity contribution >= 4 is 11.9 Å². The van der Waals surface area contributed by atoms with Gasteiger partial charge in [-0.15, -0.1) is 0 Å². The normalized spacial score (nSPS) is 16.9. The van der Waals surface area contributed by atoms with Gasteiger partial charge in [0.25, 0.3) is 5.91 Å². The molecule has 0 fully saturated rings. The smallest absolute Gasteiger partial charge is 0.433 e. The molecule has 1 N–H and O–H groups in total. The summed E-state index contributed by atoms with van der Waals surface area (Å²) in [5.41, 5.74) is 0.263. The van der Waals surface area contributed by atoms with E-state index in [1.165, 1.54) is 11.8 Å². The van der Waals surface area contributed by atoms with E-state index in [0.717, 1.165) is 12.1 Å². The Kier molecular flexibility index (Phi) is 4.43. The zero-order chi connectivity index (χ0) is 19.1. The summed E-state index contributed by atoms with van der Waals surface area (Å²) in [6, 6.07) is 8.77. The third-order valence-corrected chi connectivity index (χ3v) is 4.39. The fourth-order valence-electron chi connectivity index (χ4n) is 3.09. The number of fused-ring (bicyclic) bond motifs is 1. The Morgan fingerprint density at radius 3 is 2.50 bits per heavy atom. The number of aryl methyl sites for hydroxylation is 1. The molecule has 1 atom stereocenters. The summed E-state index contributed by atoms with van der Waals surface area (Å²) >= 11 is 0. The summed E-state index contributed by atoms with van der Waals surface area (Å²) in [5, 5.41) is 9.46. The van der Waals surface area contributed by atoms with E-state index in [1.54, 1.807) is 24.3 Å². The predicted molar refractivity (Wildman–Crippen MR) is 85.5 cm³/mol. The number of pyridine rings is 1. The van der Waals surface area contributed by atoms with Gasteiger partial charge in [-0.1, -0.05) is 24.3 Å². The minimum Gasteiger partial charge on any atom is -0.481 e. The van der Waals surface area contributed by atoms with Crippen molar-refractivity contribution in [1.82, 2.24) is 9.88 Å². The average Bonchev–Trinajstić information content (AvgIpc) is 2.59. The van der Waals surface area contributed by atoms with E-state index in [-0.39, 0.29) is 24.3 Å². The lowest BCUT2D eigenvalue weighted by molar-refractivity contribution is -0.141. The number of hydrogen-bond donors (Lipinski definition) is 1. The Hall–Kier alpha value is -2.90. The van der Waals surface area contributed by atoms with Crippen molar-refractivity contribution in [3.63, 3.8) is 0 Å². The van der Waals surface area contributed by atoms with Gasteiger partial charge in [-0.25, -0.2) is 4.98 Å². The average molecular weight is 364 g/mol. The van der Waals surface area contributed by atoms with Gasteiger partial charge in [0.2, 0.25) is 0 Å². The van der Waals surface area contributed by atoms with Gasteiger partial charge in [0.15, 0.2) is 0 Å². The number of nitrogens with zero attached hydrogens (tertiary/aromatic N) is 2. The maximum atomic E-state index is 12.8. The fraction of sp³-hybridized carbons (Fsp3) is 0.278. The van der Waals surface area contributed by atoms with Crippen LogP contribution in [0.2, 0.25) is 0 Å². The number of aromatic nitrogens is 1. The lowest BCUT2D eigenvalue weighted by atomic mass is 9.89. The van der Waals surface area contributed by atoms with Gasteiger partial charge in [0.05, 0.1) is 17.2 Å². The van der Waals surface area contributed by atoms with Crippen molar-refractivity contribution < 1.29 is 27.9 Å². The van der Waals surface area contributed by atoms with Crippen LogP contribution in [0.4, 0.5) is 13.2 Å². The number of benzene rings is 1. The van der Waals surface area contributed by atoms with E-state index < -0.39 is 29.7 Å². The largest absolute Gasteiger partial charge is 0.481 e. The van der Waals surface area contributed by atoms with Crippen LogP contribution >= 0.6 is 0 Å². The molecular weight excluding hydrogens is 349 g/mol. The molecule has 1 aromatic carbocycles. The molecule has 1 aliphatic heterocycles. The number of carboxylic acid groups (broad SMARTS) is 1. The van der Waals surface area contributed by atoms with Crippen LogP contribution in [0.5, 0.6) is 0 Å². The maximum absolute atomic E-state index is 12.8. The molecule has 26 heavy (non-hydrogen) atoms. The van der Waals surface area contributed by atoms with Crippen LogP contribution in [0.15, 0.2) is 36.4 Å². The van der Waals surface area contributed by atoms with Gasteiger partial charge in [0.1, 0.15) is 5.69 Å².